The molecule has 0 saturated heterocycles. The summed E-state index contributed by atoms with van der Waals surface area (Å²) in [6.07, 6.45) is 0.898. The molecule has 0 fully saturated rings. The number of nitrogens with one attached hydrogen (secondary N) is 1. The van der Waals surface area contributed by atoms with Crippen LogP contribution in [-0.4, -0.2) is 14.9 Å². The molecule has 0 radical (unpaired) electrons. The maximum Gasteiger partial charge on any atom is 0.348 e. The molecule has 1 heterocycles. The molecule has 0 amide bonds. The Bertz CT molecular complexity index is 698. The zero-order valence-electron chi connectivity index (χ0n) is 9.40. The van der Waals surface area contributed by atoms with E-state index in [0.29, 0.717) is 6.07 Å². The third-order valence-electron chi connectivity index (χ3n) is 2.25. The van der Waals surface area contributed by atoms with Gasteiger partial charge < -0.3 is 5.32 Å². The molecular weight excluding hydrogens is 301 g/mol. The summed E-state index contributed by atoms with van der Waals surface area (Å²) in [5.41, 5.74) is -1.24. The van der Waals surface area contributed by atoms with Gasteiger partial charge in [-0.1, -0.05) is 11.6 Å². The van der Waals surface area contributed by atoms with Gasteiger partial charge in [0.1, 0.15) is 6.33 Å². The highest BCUT2D eigenvalue weighted by Crippen LogP contribution is 2.31. The molecule has 0 atom stereocenters. The second-order valence-corrected chi connectivity index (χ2v) is 3.82. The van der Waals surface area contributed by atoms with Crippen molar-refractivity contribution in [2.75, 3.05) is 5.32 Å². The van der Waals surface area contributed by atoms with Crippen molar-refractivity contribution in [1.29, 1.82) is 0 Å². The van der Waals surface area contributed by atoms with Crippen LogP contribution in [0.15, 0.2) is 18.5 Å². The number of benzene rings is 1. The molecule has 1 aromatic heterocycles. The van der Waals surface area contributed by atoms with Gasteiger partial charge in [-0.15, -0.1) is 0 Å². The number of halogens is 4. The quantitative estimate of drug-likeness (QED) is 0.407. The highest BCUT2D eigenvalue weighted by Gasteiger charge is 2.23. The van der Waals surface area contributed by atoms with Gasteiger partial charge >= 0.3 is 5.69 Å². The summed E-state index contributed by atoms with van der Waals surface area (Å²) in [5, 5.41) is 12.5. The van der Waals surface area contributed by atoms with Crippen LogP contribution in [0.25, 0.3) is 0 Å². The van der Waals surface area contributed by atoms with E-state index >= 15 is 0 Å². The van der Waals surface area contributed by atoms with Crippen molar-refractivity contribution in [2.45, 2.75) is 0 Å². The van der Waals surface area contributed by atoms with Crippen molar-refractivity contribution < 1.29 is 18.1 Å². The van der Waals surface area contributed by atoms with E-state index in [9.17, 15) is 23.3 Å². The average molecular weight is 305 g/mol. The van der Waals surface area contributed by atoms with Gasteiger partial charge in [0.25, 0.3) is 0 Å². The fourth-order valence-corrected chi connectivity index (χ4v) is 1.56. The minimum Gasteiger partial charge on any atom is -0.332 e. The van der Waals surface area contributed by atoms with E-state index in [2.05, 4.69) is 15.3 Å². The average Bonchev–Trinajstić information content (AvgIpc) is 2.39. The van der Waals surface area contributed by atoms with E-state index in [1.54, 1.807) is 0 Å². The minimum absolute atomic E-state index is 0.445. The van der Waals surface area contributed by atoms with Gasteiger partial charge in [0.2, 0.25) is 11.0 Å². The van der Waals surface area contributed by atoms with Gasteiger partial charge in [0.05, 0.1) is 10.6 Å². The van der Waals surface area contributed by atoms with Crippen molar-refractivity contribution in [3.8, 4) is 0 Å². The lowest BCUT2D eigenvalue weighted by molar-refractivity contribution is -0.384. The Morgan fingerprint density at radius 3 is 2.55 bits per heavy atom. The molecule has 0 unspecified atom stereocenters. The summed E-state index contributed by atoms with van der Waals surface area (Å²) in [5.74, 6) is -5.07. The summed E-state index contributed by atoms with van der Waals surface area (Å²) in [7, 11) is 0. The smallest absolute Gasteiger partial charge is 0.332 e. The Morgan fingerprint density at radius 2 is 1.90 bits per heavy atom. The van der Waals surface area contributed by atoms with E-state index in [4.69, 9.17) is 11.6 Å². The summed E-state index contributed by atoms with van der Waals surface area (Å²) >= 11 is 5.53. The summed E-state index contributed by atoms with van der Waals surface area (Å²) in [6, 6.07) is 1.53. The lowest BCUT2D eigenvalue weighted by Gasteiger charge is -2.08. The zero-order chi connectivity index (χ0) is 14.9. The Hall–Kier alpha value is -2.42. The van der Waals surface area contributed by atoms with Gasteiger partial charge in [-0.05, 0) is 12.1 Å². The van der Waals surface area contributed by atoms with Crippen LogP contribution < -0.4 is 5.32 Å². The number of aromatic nitrogens is 2. The molecule has 0 aliphatic rings. The molecule has 0 spiro atoms. The highest BCUT2D eigenvalue weighted by molar-refractivity contribution is 6.31. The third kappa shape index (κ3) is 2.48. The largest absolute Gasteiger partial charge is 0.348 e. The standard InChI is InChI=1S/C10H4ClF3N4O2/c11-9-8(18(19)20)10(16-3-15-9)17-5-2-1-4(12)6(13)7(5)14/h1-3H,(H,15,16,17). The molecule has 10 heteroatoms. The predicted octanol–water partition coefficient (Wildman–Crippen LogP) is 3.20. The SMILES string of the molecule is O=[N+]([O-])c1c(Cl)ncnc1Nc1ccc(F)c(F)c1F. The second-order valence-electron chi connectivity index (χ2n) is 3.47. The molecular formula is C10H4ClF3N4O2. The summed E-state index contributed by atoms with van der Waals surface area (Å²) < 4.78 is 39.3. The molecule has 0 saturated carbocycles. The lowest BCUT2D eigenvalue weighted by Crippen LogP contribution is -2.04. The number of rotatable bonds is 3. The van der Waals surface area contributed by atoms with Gasteiger partial charge in [-0.2, -0.15) is 0 Å². The Balaban J connectivity index is 2.48. The first-order chi connectivity index (χ1) is 9.41. The molecule has 1 N–H and O–H groups in total. The van der Waals surface area contributed by atoms with E-state index in [0.717, 1.165) is 12.4 Å². The van der Waals surface area contributed by atoms with Crippen LogP contribution in [-0.2, 0) is 0 Å². The Labute approximate surface area is 114 Å². The molecule has 0 bridgehead atoms. The van der Waals surface area contributed by atoms with E-state index in [1.807, 2.05) is 0 Å². The molecule has 6 nitrogen and oxygen atoms in total. The molecule has 0 aliphatic heterocycles. The van der Waals surface area contributed by atoms with Gasteiger partial charge in [0.15, 0.2) is 17.5 Å². The van der Waals surface area contributed by atoms with Crippen LogP contribution in [0.2, 0.25) is 5.15 Å². The van der Waals surface area contributed by atoms with Crippen LogP contribution in [0, 0.1) is 27.6 Å². The monoisotopic (exact) mass is 304 g/mol. The van der Waals surface area contributed by atoms with Crippen LogP contribution in [0.1, 0.15) is 0 Å². The van der Waals surface area contributed by atoms with Crippen molar-refractivity contribution in [3.05, 3.63) is 51.2 Å². The van der Waals surface area contributed by atoms with Crippen LogP contribution in [0.3, 0.4) is 0 Å². The normalized spacial score (nSPS) is 10.4. The highest BCUT2D eigenvalue weighted by atomic mass is 35.5. The molecule has 104 valence electrons. The summed E-state index contributed by atoms with van der Waals surface area (Å²) in [4.78, 5) is 16.8. The van der Waals surface area contributed by atoms with E-state index in [-0.39, 0.29) is 0 Å². The van der Waals surface area contributed by atoms with Crippen LogP contribution in [0.4, 0.5) is 30.4 Å². The maximum atomic E-state index is 13.5. The first-order valence-electron chi connectivity index (χ1n) is 4.97. The number of hydrogen-bond acceptors (Lipinski definition) is 5. The zero-order valence-corrected chi connectivity index (χ0v) is 10.2. The number of nitro groups is 1. The third-order valence-corrected chi connectivity index (χ3v) is 2.53. The first-order valence-corrected chi connectivity index (χ1v) is 5.35. The fraction of sp³-hybridized carbons (Fsp3) is 0. The van der Waals surface area contributed by atoms with E-state index < -0.39 is 44.7 Å². The number of anilines is 2. The number of nitrogens with zero attached hydrogens (tertiary/aromatic N) is 3. The predicted molar refractivity (Wildman–Crippen MR) is 63.3 cm³/mol. The second kappa shape index (κ2) is 5.29. The molecule has 2 aromatic rings. The van der Waals surface area contributed by atoms with Crippen LogP contribution >= 0.6 is 11.6 Å². The molecule has 20 heavy (non-hydrogen) atoms. The Morgan fingerprint density at radius 1 is 1.20 bits per heavy atom. The topological polar surface area (TPSA) is 81.0 Å². The maximum absolute atomic E-state index is 13.5. The van der Waals surface area contributed by atoms with E-state index in [1.165, 1.54) is 0 Å². The van der Waals surface area contributed by atoms with Gasteiger partial charge in [-0.3, -0.25) is 10.1 Å². The first kappa shape index (κ1) is 14.0. The molecule has 0 aliphatic carbocycles. The molecule has 1 aromatic carbocycles. The van der Waals surface area contributed by atoms with Gasteiger partial charge in [-0.25, -0.2) is 23.1 Å². The van der Waals surface area contributed by atoms with Crippen molar-refractivity contribution in [1.82, 2.24) is 9.97 Å². The lowest BCUT2D eigenvalue weighted by atomic mass is 10.2. The van der Waals surface area contributed by atoms with Crippen LogP contribution in [0.5, 0.6) is 0 Å². The Kier molecular flexibility index (Phi) is 3.70. The van der Waals surface area contributed by atoms with Crippen molar-refractivity contribution >= 4 is 28.8 Å². The van der Waals surface area contributed by atoms with Crippen molar-refractivity contribution in [3.63, 3.8) is 0 Å². The fourth-order valence-electron chi connectivity index (χ4n) is 1.36. The molecule has 2 rings (SSSR count). The van der Waals surface area contributed by atoms with Gasteiger partial charge in [0, 0.05) is 0 Å². The number of hydrogen-bond donors (Lipinski definition) is 1. The van der Waals surface area contributed by atoms with Crippen molar-refractivity contribution in [2.24, 2.45) is 0 Å². The minimum atomic E-state index is -1.71. The summed E-state index contributed by atoms with van der Waals surface area (Å²) in [6.45, 7) is 0.